The maximum atomic E-state index is 13.7. The van der Waals surface area contributed by atoms with Crippen molar-refractivity contribution >= 4 is 44.9 Å². The molecule has 3 aromatic rings. The Kier molecular flexibility index (Phi) is 5.24. The number of fused-ring (bicyclic) bond motifs is 1. The Balaban J connectivity index is 1.84. The lowest BCUT2D eigenvalue weighted by atomic mass is 10.2. The number of rotatable bonds is 4. The Morgan fingerprint density at radius 3 is 2.65 bits per heavy atom. The third-order valence-electron chi connectivity index (χ3n) is 3.95. The highest BCUT2D eigenvalue weighted by atomic mass is 32.2. The normalized spacial score (nSPS) is 12.4. The van der Waals surface area contributed by atoms with Crippen molar-refractivity contribution in [1.82, 2.24) is 9.97 Å². The molecule has 1 atom stereocenters. The van der Waals surface area contributed by atoms with E-state index in [1.54, 1.807) is 18.3 Å². The number of anilines is 1. The van der Waals surface area contributed by atoms with Gasteiger partial charge >= 0.3 is 0 Å². The van der Waals surface area contributed by atoms with Crippen LogP contribution in [0.25, 0.3) is 10.2 Å². The van der Waals surface area contributed by atoms with Crippen molar-refractivity contribution in [2.45, 2.75) is 38.0 Å². The molecular weight excluding hydrogens is 376 g/mol. The first-order chi connectivity index (χ1) is 12.3. The van der Waals surface area contributed by atoms with Gasteiger partial charge in [-0.3, -0.25) is 4.79 Å². The fraction of sp³-hybridized carbons (Fsp3) is 0.278. The van der Waals surface area contributed by atoms with Gasteiger partial charge in [-0.05, 0) is 45.4 Å². The predicted octanol–water partition coefficient (Wildman–Crippen LogP) is 5.01. The number of carbonyl (C=O) groups excluding carboxylic acids is 1. The van der Waals surface area contributed by atoms with E-state index in [2.05, 4.69) is 15.3 Å². The van der Waals surface area contributed by atoms with Crippen LogP contribution in [0.4, 0.5) is 14.5 Å². The molecular formula is C18H17F2N3OS2. The summed E-state index contributed by atoms with van der Waals surface area (Å²) in [5.41, 5.74) is 1.06. The molecule has 1 N–H and O–H groups in total. The molecule has 0 saturated heterocycles. The van der Waals surface area contributed by atoms with Crippen molar-refractivity contribution in [2.75, 3.05) is 5.32 Å². The monoisotopic (exact) mass is 393 g/mol. The standard InChI is InChI=1S/C18H17F2N3OS2/c1-8-9(2)25-17-15(8)18(22-11(4)21-17)26-10(3)16(24)23-14-6-5-12(19)7-13(14)20/h5-7,10H,1-4H3,(H,23,24)/t10-/m1/s1. The molecule has 8 heteroatoms. The van der Waals surface area contributed by atoms with Crippen molar-refractivity contribution in [2.24, 2.45) is 0 Å². The summed E-state index contributed by atoms with van der Waals surface area (Å²) in [6, 6.07) is 3.05. The van der Waals surface area contributed by atoms with E-state index in [1.165, 1.54) is 17.8 Å². The molecule has 2 heterocycles. The fourth-order valence-corrected chi connectivity index (χ4v) is 4.64. The van der Waals surface area contributed by atoms with E-state index in [0.29, 0.717) is 5.82 Å². The molecule has 26 heavy (non-hydrogen) atoms. The van der Waals surface area contributed by atoms with Gasteiger partial charge in [0.2, 0.25) is 5.91 Å². The number of nitrogens with one attached hydrogen (secondary N) is 1. The number of benzene rings is 1. The summed E-state index contributed by atoms with van der Waals surface area (Å²) in [7, 11) is 0. The van der Waals surface area contributed by atoms with E-state index in [4.69, 9.17) is 0 Å². The molecule has 0 aliphatic carbocycles. The van der Waals surface area contributed by atoms with Crippen LogP contribution in [0, 0.1) is 32.4 Å². The van der Waals surface area contributed by atoms with Gasteiger partial charge in [-0.1, -0.05) is 11.8 Å². The first-order valence-electron chi connectivity index (χ1n) is 7.93. The first kappa shape index (κ1) is 18.7. The molecule has 0 spiro atoms. The maximum absolute atomic E-state index is 13.7. The summed E-state index contributed by atoms with van der Waals surface area (Å²) >= 11 is 2.90. The number of hydrogen-bond donors (Lipinski definition) is 1. The van der Waals surface area contributed by atoms with Crippen LogP contribution in [0.1, 0.15) is 23.2 Å². The highest BCUT2D eigenvalue weighted by molar-refractivity contribution is 8.00. The van der Waals surface area contributed by atoms with Gasteiger partial charge in [-0.25, -0.2) is 18.7 Å². The molecule has 2 aromatic heterocycles. The summed E-state index contributed by atoms with van der Waals surface area (Å²) in [6.45, 7) is 7.57. The number of aryl methyl sites for hydroxylation is 3. The number of aromatic nitrogens is 2. The van der Waals surface area contributed by atoms with Crippen LogP contribution < -0.4 is 5.32 Å². The predicted molar refractivity (Wildman–Crippen MR) is 102 cm³/mol. The average molecular weight is 393 g/mol. The van der Waals surface area contributed by atoms with Gasteiger partial charge in [0.1, 0.15) is 27.3 Å². The van der Waals surface area contributed by atoms with Crippen molar-refractivity contribution < 1.29 is 13.6 Å². The van der Waals surface area contributed by atoms with Gasteiger partial charge in [-0.15, -0.1) is 11.3 Å². The van der Waals surface area contributed by atoms with Gasteiger partial charge in [-0.2, -0.15) is 0 Å². The zero-order chi connectivity index (χ0) is 19.0. The van der Waals surface area contributed by atoms with E-state index in [9.17, 15) is 13.6 Å². The van der Waals surface area contributed by atoms with Gasteiger partial charge in [0, 0.05) is 16.3 Å². The van der Waals surface area contributed by atoms with E-state index < -0.39 is 16.9 Å². The lowest BCUT2D eigenvalue weighted by Crippen LogP contribution is -2.23. The van der Waals surface area contributed by atoms with Crippen LogP contribution in [0.3, 0.4) is 0 Å². The number of nitrogens with zero attached hydrogens (tertiary/aromatic N) is 2. The number of thiophene rings is 1. The molecule has 1 aromatic carbocycles. The van der Waals surface area contributed by atoms with Crippen LogP contribution >= 0.6 is 23.1 Å². The maximum Gasteiger partial charge on any atom is 0.237 e. The molecule has 0 aliphatic heterocycles. The number of halogens is 2. The second-order valence-corrected chi connectivity index (χ2v) is 8.45. The SMILES string of the molecule is Cc1nc(S[C@H](C)C(=O)Nc2ccc(F)cc2F)c2c(C)c(C)sc2n1. The summed E-state index contributed by atoms with van der Waals surface area (Å²) in [4.78, 5) is 23.4. The molecule has 0 bridgehead atoms. The lowest BCUT2D eigenvalue weighted by molar-refractivity contribution is -0.115. The Morgan fingerprint density at radius 2 is 1.96 bits per heavy atom. The highest BCUT2D eigenvalue weighted by Gasteiger charge is 2.21. The summed E-state index contributed by atoms with van der Waals surface area (Å²) in [5, 5.41) is 3.67. The molecule has 1 amide bonds. The van der Waals surface area contributed by atoms with E-state index in [1.807, 2.05) is 20.8 Å². The lowest BCUT2D eigenvalue weighted by Gasteiger charge is -2.13. The number of amides is 1. The molecule has 0 fully saturated rings. The third-order valence-corrected chi connectivity index (χ3v) is 6.14. The molecule has 0 radical (unpaired) electrons. The fourth-order valence-electron chi connectivity index (χ4n) is 2.45. The molecule has 0 aliphatic rings. The van der Waals surface area contributed by atoms with Crippen LogP contribution in [0.15, 0.2) is 23.2 Å². The number of hydrogen-bond acceptors (Lipinski definition) is 5. The molecule has 3 rings (SSSR count). The summed E-state index contributed by atoms with van der Waals surface area (Å²) in [5.74, 6) is -1.24. The second kappa shape index (κ2) is 7.28. The smallest absolute Gasteiger partial charge is 0.237 e. The van der Waals surface area contributed by atoms with Crippen LogP contribution in [-0.4, -0.2) is 21.1 Å². The van der Waals surface area contributed by atoms with Gasteiger partial charge < -0.3 is 5.32 Å². The van der Waals surface area contributed by atoms with Gasteiger partial charge in [0.15, 0.2) is 0 Å². The zero-order valence-electron chi connectivity index (χ0n) is 14.7. The highest BCUT2D eigenvalue weighted by Crippen LogP contribution is 2.36. The first-order valence-corrected chi connectivity index (χ1v) is 9.62. The minimum absolute atomic E-state index is 0.0459. The second-order valence-electron chi connectivity index (χ2n) is 5.91. The van der Waals surface area contributed by atoms with E-state index in [-0.39, 0.29) is 11.6 Å². The zero-order valence-corrected chi connectivity index (χ0v) is 16.3. The minimum Gasteiger partial charge on any atom is -0.323 e. The number of thioether (sulfide) groups is 1. The number of carbonyl (C=O) groups is 1. The van der Waals surface area contributed by atoms with E-state index >= 15 is 0 Å². The van der Waals surface area contributed by atoms with Gasteiger partial charge in [0.25, 0.3) is 0 Å². The van der Waals surface area contributed by atoms with Crippen LogP contribution in [-0.2, 0) is 4.79 Å². The quantitative estimate of drug-likeness (QED) is 0.500. The Labute approximate surface area is 158 Å². The largest absolute Gasteiger partial charge is 0.323 e. The minimum atomic E-state index is -0.805. The van der Waals surface area contributed by atoms with Crippen molar-refractivity contribution in [3.05, 3.63) is 46.1 Å². The summed E-state index contributed by atoms with van der Waals surface area (Å²) in [6.07, 6.45) is 0. The Bertz CT molecular complexity index is 1000. The van der Waals surface area contributed by atoms with Crippen molar-refractivity contribution in [3.63, 3.8) is 0 Å². The average Bonchev–Trinajstić information content (AvgIpc) is 2.84. The van der Waals surface area contributed by atoms with Crippen molar-refractivity contribution in [1.29, 1.82) is 0 Å². The Morgan fingerprint density at radius 1 is 1.23 bits per heavy atom. The van der Waals surface area contributed by atoms with Crippen molar-refractivity contribution in [3.8, 4) is 0 Å². The topological polar surface area (TPSA) is 54.9 Å². The van der Waals surface area contributed by atoms with Gasteiger partial charge in [0.05, 0.1) is 10.9 Å². The van der Waals surface area contributed by atoms with Crippen LogP contribution in [0.5, 0.6) is 0 Å². The molecule has 4 nitrogen and oxygen atoms in total. The molecule has 0 saturated carbocycles. The van der Waals surface area contributed by atoms with E-state index in [0.717, 1.165) is 37.8 Å². The Hall–Kier alpha value is -2.06. The van der Waals surface area contributed by atoms with Crippen LogP contribution in [0.2, 0.25) is 0 Å². The third kappa shape index (κ3) is 3.71. The summed E-state index contributed by atoms with van der Waals surface area (Å²) < 4.78 is 26.7. The molecule has 136 valence electrons. The molecule has 0 unspecified atom stereocenters.